The van der Waals surface area contributed by atoms with Crippen LogP contribution in [-0.2, 0) is 6.42 Å². The molecule has 0 bridgehead atoms. The molecule has 0 spiro atoms. The van der Waals surface area contributed by atoms with Gasteiger partial charge in [0.05, 0.1) is 0 Å². The van der Waals surface area contributed by atoms with E-state index in [4.69, 9.17) is 0 Å². The largest absolute Gasteiger partial charge is 0.309 e. The van der Waals surface area contributed by atoms with E-state index in [1.54, 1.807) is 0 Å². The zero-order valence-corrected chi connectivity index (χ0v) is 12.8. The van der Waals surface area contributed by atoms with Crippen LogP contribution in [0, 0.1) is 0 Å². The van der Waals surface area contributed by atoms with Crippen LogP contribution in [0.25, 0.3) is 0 Å². The molecule has 0 aliphatic heterocycles. The molecule has 0 aromatic carbocycles. The van der Waals surface area contributed by atoms with Gasteiger partial charge in [0, 0.05) is 27.8 Å². The van der Waals surface area contributed by atoms with Gasteiger partial charge in [-0.1, -0.05) is 6.92 Å². The smallest absolute Gasteiger partial charge is 0.0429 e. The summed E-state index contributed by atoms with van der Waals surface area (Å²) in [4.78, 5) is 5.45. The summed E-state index contributed by atoms with van der Waals surface area (Å²) >= 11 is 5.43. The number of aromatic nitrogens is 1. The molecule has 96 valence electrons. The highest BCUT2D eigenvalue weighted by Crippen LogP contribution is 2.31. The Morgan fingerprint density at radius 3 is 2.72 bits per heavy atom. The highest BCUT2D eigenvalue weighted by atomic mass is 79.9. The van der Waals surface area contributed by atoms with Crippen LogP contribution in [0.3, 0.4) is 0 Å². The molecular weight excluding hydrogens is 308 g/mol. The Bertz CT molecular complexity index is 470. The molecule has 0 saturated heterocycles. The van der Waals surface area contributed by atoms with Gasteiger partial charge in [-0.2, -0.15) is 0 Å². The number of hydrogen-bond donors (Lipinski definition) is 1. The summed E-state index contributed by atoms with van der Waals surface area (Å²) in [6, 6.07) is 6.73. The van der Waals surface area contributed by atoms with Crippen LogP contribution < -0.4 is 5.32 Å². The first-order valence-corrected chi connectivity index (χ1v) is 7.83. The van der Waals surface area contributed by atoms with Crippen LogP contribution >= 0.6 is 27.3 Å². The quantitative estimate of drug-likeness (QED) is 0.861. The molecule has 2 heterocycles. The van der Waals surface area contributed by atoms with Crippen molar-refractivity contribution < 1.29 is 0 Å². The Balaban J connectivity index is 2.01. The van der Waals surface area contributed by atoms with Crippen LogP contribution in [0.15, 0.2) is 40.4 Å². The fourth-order valence-electron chi connectivity index (χ4n) is 1.99. The highest BCUT2D eigenvalue weighted by Gasteiger charge is 2.14. The van der Waals surface area contributed by atoms with Gasteiger partial charge in [0.1, 0.15) is 0 Å². The van der Waals surface area contributed by atoms with Gasteiger partial charge in [-0.05, 0) is 64.5 Å². The third kappa shape index (κ3) is 3.64. The molecule has 1 unspecified atom stereocenters. The van der Waals surface area contributed by atoms with Gasteiger partial charge in [0.15, 0.2) is 0 Å². The molecule has 0 aliphatic carbocycles. The number of nitrogens with zero attached hydrogens (tertiary/aromatic N) is 1. The van der Waals surface area contributed by atoms with Crippen molar-refractivity contribution >= 4 is 27.3 Å². The second-order valence-electron chi connectivity index (χ2n) is 4.14. The number of hydrogen-bond acceptors (Lipinski definition) is 3. The zero-order valence-electron chi connectivity index (χ0n) is 10.4. The molecule has 0 amide bonds. The first-order valence-electron chi connectivity index (χ1n) is 6.16. The van der Waals surface area contributed by atoms with E-state index in [9.17, 15) is 0 Å². The SMILES string of the molecule is CCNC(CCc1ccncc1)c1sccc1Br. The molecular formula is C14H17BrN2S. The summed E-state index contributed by atoms with van der Waals surface area (Å²) in [5.41, 5.74) is 1.35. The maximum absolute atomic E-state index is 4.05. The lowest BCUT2D eigenvalue weighted by molar-refractivity contribution is 0.521. The van der Waals surface area contributed by atoms with E-state index in [0.29, 0.717) is 6.04 Å². The maximum atomic E-state index is 4.05. The van der Waals surface area contributed by atoms with E-state index in [0.717, 1.165) is 19.4 Å². The van der Waals surface area contributed by atoms with Gasteiger partial charge in [0.2, 0.25) is 0 Å². The number of halogens is 1. The van der Waals surface area contributed by atoms with Crippen molar-refractivity contribution in [3.05, 3.63) is 50.9 Å². The summed E-state index contributed by atoms with van der Waals surface area (Å²) in [6.07, 6.45) is 5.90. The fraction of sp³-hybridized carbons (Fsp3) is 0.357. The topological polar surface area (TPSA) is 24.9 Å². The van der Waals surface area contributed by atoms with Gasteiger partial charge in [-0.3, -0.25) is 4.98 Å². The molecule has 1 atom stereocenters. The molecule has 2 aromatic rings. The molecule has 2 aromatic heterocycles. The van der Waals surface area contributed by atoms with Gasteiger partial charge < -0.3 is 5.32 Å². The Labute approximate surface area is 121 Å². The van der Waals surface area contributed by atoms with E-state index in [-0.39, 0.29) is 0 Å². The van der Waals surface area contributed by atoms with Crippen molar-refractivity contribution in [2.45, 2.75) is 25.8 Å². The summed E-state index contributed by atoms with van der Waals surface area (Å²) in [5, 5.41) is 5.70. The van der Waals surface area contributed by atoms with Crippen molar-refractivity contribution in [1.29, 1.82) is 0 Å². The van der Waals surface area contributed by atoms with Crippen LogP contribution in [0.4, 0.5) is 0 Å². The number of aryl methyl sites for hydroxylation is 1. The molecule has 0 saturated carbocycles. The van der Waals surface area contributed by atoms with Crippen molar-refractivity contribution in [2.24, 2.45) is 0 Å². The first-order chi connectivity index (χ1) is 8.81. The Hall–Kier alpha value is -0.710. The molecule has 2 nitrogen and oxygen atoms in total. The van der Waals surface area contributed by atoms with Crippen molar-refractivity contribution in [2.75, 3.05) is 6.54 Å². The third-order valence-corrected chi connectivity index (χ3v) is 4.87. The first kappa shape index (κ1) is 13.7. The standard InChI is InChI=1S/C14H17BrN2S/c1-2-17-13(14-12(15)7-10-18-14)4-3-11-5-8-16-9-6-11/h5-10,13,17H,2-4H2,1H3. The Morgan fingerprint density at radius 1 is 1.33 bits per heavy atom. The number of pyridine rings is 1. The van der Waals surface area contributed by atoms with E-state index in [1.165, 1.54) is 14.9 Å². The second-order valence-corrected chi connectivity index (χ2v) is 5.94. The summed E-state index contributed by atoms with van der Waals surface area (Å²) in [7, 11) is 0. The minimum Gasteiger partial charge on any atom is -0.309 e. The van der Waals surface area contributed by atoms with E-state index in [1.807, 2.05) is 23.7 Å². The number of rotatable bonds is 6. The molecule has 18 heavy (non-hydrogen) atoms. The summed E-state index contributed by atoms with van der Waals surface area (Å²) < 4.78 is 1.22. The van der Waals surface area contributed by atoms with Crippen LogP contribution in [0.1, 0.15) is 29.8 Å². The fourth-order valence-corrected chi connectivity index (χ4v) is 3.75. The third-order valence-electron chi connectivity index (χ3n) is 2.88. The van der Waals surface area contributed by atoms with Crippen LogP contribution in [0.5, 0.6) is 0 Å². The minimum atomic E-state index is 0.428. The summed E-state index contributed by atoms with van der Waals surface area (Å²) in [6.45, 7) is 3.15. The lowest BCUT2D eigenvalue weighted by atomic mass is 10.1. The van der Waals surface area contributed by atoms with Gasteiger partial charge in [-0.25, -0.2) is 0 Å². The van der Waals surface area contributed by atoms with Gasteiger partial charge >= 0.3 is 0 Å². The van der Waals surface area contributed by atoms with Crippen LogP contribution in [0.2, 0.25) is 0 Å². The normalized spacial score (nSPS) is 12.6. The molecule has 0 fully saturated rings. The Morgan fingerprint density at radius 2 is 2.11 bits per heavy atom. The molecule has 2 rings (SSSR count). The van der Waals surface area contributed by atoms with Crippen LogP contribution in [-0.4, -0.2) is 11.5 Å². The molecule has 1 N–H and O–H groups in total. The predicted octanol–water partition coefficient (Wildman–Crippen LogP) is 4.19. The Kier molecular flexibility index (Phi) is 5.35. The monoisotopic (exact) mass is 324 g/mol. The molecule has 0 radical (unpaired) electrons. The minimum absolute atomic E-state index is 0.428. The van der Waals surface area contributed by atoms with E-state index < -0.39 is 0 Å². The average Bonchev–Trinajstić information content (AvgIpc) is 2.82. The van der Waals surface area contributed by atoms with Crippen molar-refractivity contribution in [3.63, 3.8) is 0 Å². The lowest BCUT2D eigenvalue weighted by Crippen LogP contribution is -2.20. The van der Waals surface area contributed by atoms with E-state index >= 15 is 0 Å². The molecule has 0 aliphatic rings. The van der Waals surface area contributed by atoms with E-state index in [2.05, 4.69) is 56.7 Å². The second kappa shape index (κ2) is 7.02. The average molecular weight is 325 g/mol. The zero-order chi connectivity index (χ0) is 12.8. The summed E-state index contributed by atoms with van der Waals surface area (Å²) in [5.74, 6) is 0. The number of thiophene rings is 1. The highest BCUT2D eigenvalue weighted by molar-refractivity contribution is 9.10. The predicted molar refractivity (Wildman–Crippen MR) is 81.0 cm³/mol. The van der Waals surface area contributed by atoms with Gasteiger partial charge in [0.25, 0.3) is 0 Å². The van der Waals surface area contributed by atoms with Crippen molar-refractivity contribution in [1.82, 2.24) is 10.3 Å². The maximum Gasteiger partial charge on any atom is 0.0429 e. The van der Waals surface area contributed by atoms with Gasteiger partial charge in [-0.15, -0.1) is 11.3 Å². The lowest BCUT2D eigenvalue weighted by Gasteiger charge is -2.17. The molecule has 4 heteroatoms. The van der Waals surface area contributed by atoms with Crippen molar-refractivity contribution in [3.8, 4) is 0 Å². The number of nitrogens with one attached hydrogen (secondary N) is 1.